The van der Waals surface area contributed by atoms with Crippen molar-refractivity contribution >= 4 is 14.2 Å². The first-order valence-electron chi connectivity index (χ1n) is 11.3. The minimum Gasteiger partial charge on any atom is -0.413 e. The van der Waals surface area contributed by atoms with Crippen molar-refractivity contribution < 1.29 is 23.4 Å². The Kier molecular flexibility index (Phi) is 7.57. The Bertz CT molecular complexity index is 615. The van der Waals surface area contributed by atoms with Crippen LogP contribution in [0.2, 0.25) is 18.1 Å². The molecule has 30 heavy (non-hydrogen) atoms. The van der Waals surface area contributed by atoms with Gasteiger partial charge in [0.05, 0.1) is 24.9 Å². The average molecular weight is 444 g/mol. The SMILES string of the molecule is C[C@H]([C@H](O[Si](C)(C)C(C)(C)C)[C@H](C)[C@@H]1OC(C)(C)OC[C@H]1C)[C@@H]1O[C@H]1C(=O)N(C)C. The van der Waals surface area contributed by atoms with E-state index in [1.54, 1.807) is 19.0 Å². The lowest BCUT2D eigenvalue weighted by atomic mass is 9.82. The molecule has 2 fully saturated rings. The topological polar surface area (TPSA) is 60.5 Å². The maximum atomic E-state index is 12.4. The summed E-state index contributed by atoms with van der Waals surface area (Å²) in [5, 5.41) is 0.0926. The highest BCUT2D eigenvalue weighted by Crippen LogP contribution is 2.44. The molecule has 176 valence electrons. The largest absolute Gasteiger partial charge is 0.413 e. The zero-order chi connectivity index (χ0) is 23.2. The number of likely N-dealkylation sites (N-methyl/N-ethyl adjacent to an activating group) is 1. The number of nitrogens with zero attached hydrogens (tertiary/aromatic N) is 1. The van der Waals surface area contributed by atoms with Gasteiger partial charge in [-0.05, 0) is 32.0 Å². The third-order valence-electron chi connectivity index (χ3n) is 7.19. The number of carbonyl (C=O) groups excluding carboxylic acids is 1. The molecule has 0 radical (unpaired) electrons. The highest BCUT2D eigenvalue weighted by molar-refractivity contribution is 6.74. The maximum absolute atomic E-state index is 12.4. The third kappa shape index (κ3) is 5.65. The zero-order valence-electron chi connectivity index (χ0n) is 21.2. The van der Waals surface area contributed by atoms with Crippen LogP contribution in [0.4, 0.5) is 0 Å². The Labute approximate surface area is 185 Å². The molecule has 7 atom stereocenters. The summed E-state index contributed by atoms with van der Waals surface area (Å²) in [5.41, 5.74) is 0. The van der Waals surface area contributed by atoms with Gasteiger partial charge in [0.1, 0.15) is 0 Å². The first-order chi connectivity index (χ1) is 13.5. The molecule has 0 aromatic carbocycles. The molecule has 7 heteroatoms. The van der Waals surface area contributed by atoms with E-state index in [4.69, 9.17) is 18.6 Å². The molecular weight excluding hydrogens is 398 g/mol. The Morgan fingerprint density at radius 3 is 2.17 bits per heavy atom. The summed E-state index contributed by atoms with van der Waals surface area (Å²) in [6.07, 6.45) is -0.512. The van der Waals surface area contributed by atoms with Crippen molar-refractivity contribution in [2.24, 2.45) is 17.8 Å². The molecule has 0 aliphatic carbocycles. The summed E-state index contributed by atoms with van der Waals surface area (Å²) in [7, 11) is 1.51. The molecular formula is C23H45NO5Si. The number of amides is 1. The molecule has 0 bridgehead atoms. The fraction of sp³-hybridized carbons (Fsp3) is 0.957. The Balaban J connectivity index is 2.28. The van der Waals surface area contributed by atoms with Gasteiger partial charge in [0.2, 0.25) is 0 Å². The fourth-order valence-corrected chi connectivity index (χ4v) is 5.55. The molecule has 2 aliphatic rings. The number of epoxide rings is 1. The van der Waals surface area contributed by atoms with Crippen molar-refractivity contribution in [2.45, 2.75) is 104 Å². The summed E-state index contributed by atoms with van der Waals surface area (Å²) in [6, 6.07) is 0. The standard InChI is InChI=1S/C23H45NO5Si/c1-14-13-26-23(7,8)28-17(14)15(2)18(29-30(11,12)22(4,5)6)16(3)19-20(27-19)21(25)24(9)10/h14-20H,13H2,1-12H3/t14-,15-,16-,17-,18-,19+,20-/m1/s1. The van der Waals surface area contributed by atoms with Crippen molar-refractivity contribution in [3.8, 4) is 0 Å². The fourth-order valence-electron chi connectivity index (χ4n) is 4.09. The van der Waals surface area contributed by atoms with Gasteiger partial charge < -0.3 is 23.5 Å². The molecule has 0 unspecified atom stereocenters. The molecule has 1 amide bonds. The van der Waals surface area contributed by atoms with Crippen LogP contribution in [0.5, 0.6) is 0 Å². The lowest BCUT2D eigenvalue weighted by molar-refractivity contribution is -0.304. The highest BCUT2D eigenvalue weighted by atomic mass is 28.4. The number of rotatable bonds is 7. The van der Waals surface area contributed by atoms with Gasteiger partial charge in [0.15, 0.2) is 20.2 Å². The summed E-state index contributed by atoms with van der Waals surface area (Å²) in [6.45, 7) is 22.5. The van der Waals surface area contributed by atoms with Crippen molar-refractivity contribution in [2.75, 3.05) is 20.7 Å². The Hall–Kier alpha value is -0.473. The first-order valence-corrected chi connectivity index (χ1v) is 14.3. The smallest absolute Gasteiger partial charge is 0.253 e. The van der Waals surface area contributed by atoms with Crippen LogP contribution in [0.15, 0.2) is 0 Å². The van der Waals surface area contributed by atoms with E-state index in [1.165, 1.54) is 0 Å². The summed E-state index contributed by atoms with van der Waals surface area (Å²) >= 11 is 0. The lowest BCUT2D eigenvalue weighted by Gasteiger charge is -2.48. The maximum Gasteiger partial charge on any atom is 0.253 e. The molecule has 2 saturated heterocycles. The van der Waals surface area contributed by atoms with Crippen LogP contribution >= 0.6 is 0 Å². The first kappa shape index (κ1) is 25.8. The lowest BCUT2D eigenvalue weighted by Crippen LogP contribution is -2.54. The summed E-state index contributed by atoms with van der Waals surface area (Å²) in [5.74, 6) is -0.0701. The van der Waals surface area contributed by atoms with Gasteiger partial charge >= 0.3 is 0 Å². The molecule has 2 heterocycles. The second kappa shape index (κ2) is 8.81. The van der Waals surface area contributed by atoms with Gasteiger partial charge in [0, 0.05) is 31.8 Å². The molecule has 0 saturated carbocycles. The predicted octanol–water partition coefficient (Wildman–Crippen LogP) is 4.29. The quantitative estimate of drug-likeness (QED) is 0.434. The van der Waals surface area contributed by atoms with Gasteiger partial charge in [-0.3, -0.25) is 4.79 Å². The van der Waals surface area contributed by atoms with E-state index < -0.39 is 14.1 Å². The van der Waals surface area contributed by atoms with Crippen LogP contribution in [0.25, 0.3) is 0 Å². The van der Waals surface area contributed by atoms with E-state index >= 15 is 0 Å². The number of hydrogen-bond acceptors (Lipinski definition) is 5. The summed E-state index contributed by atoms with van der Waals surface area (Å²) < 4.78 is 25.1. The second-order valence-corrected chi connectivity index (χ2v) is 16.3. The van der Waals surface area contributed by atoms with Crippen molar-refractivity contribution in [1.29, 1.82) is 0 Å². The van der Waals surface area contributed by atoms with Crippen LogP contribution in [0.3, 0.4) is 0 Å². The van der Waals surface area contributed by atoms with E-state index in [-0.39, 0.29) is 53.1 Å². The second-order valence-electron chi connectivity index (χ2n) is 11.6. The van der Waals surface area contributed by atoms with E-state index in [9.17, 15) is 4.79 Å². The van der Waals surface area contributed by atoms with Crippen molar-refractivity contribution in [1.82, 2.24) is 4.90 Å². The van der Waals surface area contributed by atoms with Crippen LogP contribution in [0, 0.1) is 17.8 Å². The summed E-state index contributed by atoms with van der Waals surface area (Å²) in [4.78, 5) is 14.0. The molecule has 2 aliphatic heterocycles. The van der Waals surface area contributed by atoms with Gasteiger partial charge in [-0.1, -0.05) is 41.5 Å². The van der Waals surface area contributed by atoms with Gasteiger partial charge in [-0.25, -0.2) is 0 Å². The number of hydrogen-bond donors (Lipinski definition) is 0. The van der Waals surface area contributed by atoms with Gasteiger partial charge in [-0.2, -0.15) is 0 Å². The molecule has 0 aromatic heterocycles. The molecule has 6 nitrogen and oxygen atoms in total. The highest BCUT2D eigenvalue weighted by Gasteiger charge is 2.54. The number of carbonyl (C=O) groups is 1. The molecule has 0 N–H and O–H groups in total. The van der Waals surface area contributed by atoms with E-state index in [0.717, 1.165) is 0 Å². The van der Waals surface area contributed by atoms with Crippen LogP contribution < -0.4 is 0 Å². The van der Waals surface area contributed by atoms with Crippen molar-refractivity contribution in [3.05, 3.63) is 0 Å². The van der Waals surface area contributed by atoms with Crippen LogP contribution in [0.1, 0.15) is 55.4 Å². The minimum absolute atomic E-state index is 0.0210. The van der Waals surface area contributed by atoms with Gasteiger partial charge in [0.25, 0.3) is 5.91 Å². The van der Waals surface area contributed by atoms with E-state index in [1.807, 2.05) is 13.8 Å². The van der Waals surface area contributed by atoms with Crippen molar-refractivity contribution in [3.63, 3.8) is 0 Å². The zero-order valence-corrected chi connectivity index (χ0v) is 22.2. The number of ether oxygens (including phenoxy) is 3. The predicted molar refractivity (Wildman–Crippen MR) is 122 cm³/mol. The monoisotopic (exact) mass is 443 g/mol. The molecule has 2 rings (SSSR count). The van der Waals surface area contributed by atoms with Crippen LogP contribution in [-0.4, -0.2) is 70.0 Å². The normalized spacial score (nSPS) is 32.3. The minimum atomic E-state index is -2.04. The van der Waals surface area contributed by atoms with Gasteiger partial charge in [-0.15, -0.1) is 0 Å². The average Bonchev–Trinajstić information content (AvgIpc) is 3.39. The molecule has 0 aromatic rings. The third-order valence-corrected chi connectivity index (χ3v) is 11.7. The van der Waals surface area contributed by atoms with Crippen LogP contribution in [-0.2, 0) is 23.4 Å². The Morgan fingerprint density at radius 2 is 1.67 bits per heavy atom. The van der Waals surface area contributed by atoms with E-state index in [2.05, 4.69) is 54.6 Å². The molecule has 0 spiro atoms. The van der Waals surface area contributed by atoms with E-state index in [0.29, 0.717) is 6.61 Å². The Morgan fingerprint density at radius 1 is 1.13 bits per heavy atom.